The number of hydrogen-bond acceptors (Lipinski definition) is 1. The van der Waals surface area contributed by atoms with E-state index in [9.17, 15) is 8.78 Å². The summed E-state index contributed by atoms with van der Waals surface area (Å²) in [5.74, 6) is -3.88. The van der Waals surface area contributed by atoms with Crippen LogP contribution >= 0.6 is 0 Å². The van der Waals surface area contributed by atoms with Crippen LogP contribution < -0.4 is 0 Å². The molecule has 0 N–H and O–H groups in total. The van der Waals surface area contributed by atoms with Gasteiger partial charge in [0.05, 0.1) is 0 Å². The number of halogens is 4. The maximum absolute atomic E-state index is 15.2. The molecule has 0 aliphatic heterocycles. The first-order valence-corrected chi connectivity index (χ1v) is 13.6. The van der Waals surface area contributed by atoms with Gasteiger partial charge in [-0.2, -0.15) is 0 Å². The van der Waals surface area contributed by atoms with E-state index in [-0.39, 0.29) is 11.8 Å². The third-order valence-corrected chi connectivity index (χ3v) is 8.02. The molecule has 0 aromatic heterocycles. The summed E-state index contributed by atoms with van der Waals surface area (Å²) >= 11 is 0. The Bertz CT molecular complexity index is 1030. The molecule has 5 atom stereocenters. The third kappa shape index (κ3) is 6.04. The lowest BCUT2D eigenvalue weighted by molar-refractivity contribution is 0.0482. The molecule has 0 heterocycles. The average molecular weight is 503 g/mol. The summed E-state index contributed by atoms with van der Waals surface area (Å²) in [7, 11) is 0. The van der Waals surface area contributed by atoms with Crippen molar-refractivity contribution in [1.82, 2.24) is 0 Å². The standard InChI is InChI=1S/C31H38F4O/c1-3-5-20-6-11-22(12-7-20)25-17-18-26(30(34)29(25)33)23-13-8-21(9-14-23)10-15-24-16-19-27(36-4-2)31(35)28(24)32/h6-9,11,13,17,22-24,26-27H,3-5,10,12,14-16,18-19H2,1-2H3. The first kappa shape index (κ1) is 26.9. The zero-order chi connectivity index (χ0) is 25.7. The lowest BCUT2D eigenvalue weighted by Crippen LogP contribution is -2.23. The van der Waals surface area contributed by atoms with E-state index in [1.807, 2.05) is 36.5 Å². The molecule has 4 rings (SSSR count). The molecule has 0 fully saturated rings. The first-order valence-electron chi connectivity index (χ1n) is 13.6. The van der Waals surface area contributed by atoms with Gasteiger partial charge >= 0.3 is 0 Å². The summed E-state index contributed by atoms with van der Waals surface area (Å²) in [5, 5.41) is 0. The van der Waals surface area contributed by atoms with Gasteiger partial charge in [0.15, 0.2) is 11.7 Å². The van der Waals surface area contributed by atoms with Gasteiger partial charge in [-0.1, -0.05) is 67.0 Å². The Morgan fingerprint density at radius 1 is 0.806 bits per heavy atom. The van der Waals surface area contributed by atoms with E-state index in [1.165, 1.54) is 5.57 Å². The molecule has 0 amide bonds. The molecule has 1 nitrogen and oxygen atoms in total. The lowest BCUT2D eigenvalue weighted by Gasteiger charge is -2.30. The van der Waals surface area contributed by atoms with Gasteiger partial charge in [0.2, 0.25) is 0 Å². The fourth-order valence-corrected chi connectivity index (χ4v) is 5.88. The van der Waals surface area contributed by atoms with Gasteiger partial charge in [0.1, 0.15) is 17.8 Å². The zero-order valence-electron chi connectivity index (χ0n) is 21.4. The third-order valence-electron chi connectivity index (χ3n) is 8.02. The molecule has 0 bridgehead atoms. The summed E-state index contributed by atoms with van der Waals surface area (Å²) in [6.45, 7) is 4.27. The fourth-order valence-electron chi connectivity index (χ4n) is 5.88. The van der Waals surface area contributed by atoms with Crippen LogP contribution in [0.4, 0.5) is 17.6 Å². The predicted octanol–water partition coefficient (Wildman–Crippen LogP) is 9.63. The Balaban J connectivity index is 1.30. The van der Waals surface area contributed by atoms with Gasteiger partial charge in [-0.3, -0.25) is 0 Å². The highest BCUT2D eigenvalue weighted by molar-refractivity contribution is 5.41. The monoisotopic (exact) mass is 502 g/mol. The minimum atomic E-state index is -0.753. The molecule has 0 saturated carbocycles. The molecule has 36 heavy (non-hydrogen) atoms. The molecule has 196 valence electrons. The van der Waals surface area contributed by atoms with Crippen LogP contribution in [0.3, 0.4) is 0 Å². The van der Waals surface area contributed by atoms with E-state index in [2.05, 4.69) is 13.0 Å². The first-order chi connectivity index (χ1) is 17.4. The number of ether oxygens (including phenoxy) is 1. The quantitative estimate of drug-likeness (QED) is 0.285. The summed E-state index contributed by atoms with van der Waals surface area (Å²) in [6.07, 6.45) is 19.4. The lowest BCUT2D eigenvalue weighted by atomic mass is 9.76. The van der Waals surface area contributed by atoms with Crippen molar-refractivity contribution in [3.63, 3.8) is 0 Å². The van der Waals surface area contributed by atoms with Crippen molar-refractivity contribution in [3.8, 4) is 0 Å². The largest absolute Gasteiger partial charge is 0.371 e. The Morgan fingerprint density at radius 2 is 1.56 bits per heavy atom. The summed E-state index contributed by atoms with van der Waals surface area (Å²) in [4.78, 5) is 0. The van der Waals surface area contributed by atoms with Gasteiger partial charge in [-0.05, 0) is 69.8 Å². The summed E-state index contributed by atoms with van der Waals surface area (Å²) in [6, 6.07) is 0. The average Bonchev–Trinajstić information content (AvgIpc) is 2.89. The van der Waals surface area contributed by atoms with Crippen LogP contribution in [-0.4, -0.2) is 12.7 Å². The molecule has 4 aliphatic carbocycles. The Hall–Kier alpha value is -2.14. The second kappa shape index (κ2) is 12.4. The molecule has 0 radical (unpaired) electrons. The molecular formula is C31H38F4O. The molecule has 0 spiro atoms. The number of rotatable bonds is 9. The highest BCUT2D eigenvalue weighted by atomic mass is 19.2. The molecule has 5 unspecified atom stereocenters. The van der Waals surface area contributed by atoms with Crippen molar-refractivity contribution in [2.45, 2.75) is 77.7 Å². The molecule has 5 heteroatoms. The van der Waals surface area contributed by atoms with Gasteiger partial charge < -0.3 is 4.74 Å². The van der Waals surface area contributed by atoms with Crippen molar-refractivity contribution >= 4 is 0 Å². The van der Waals surface area contributed by atoms with E-state index >= 15 is 8.78 Å². The Labute approximate surface area is 213 Å². The van der Waals surface area contributed by atoms with Crippen LogP contribution in [0, 0.1) is 23.7 Å². The normalized spacial score (nSPS) is 30.9. The van der Waals surface area contributed by atoms with Gasteiger partial charge in [-0.15, -0.1) is 0 Å². The smallest absolute Gasteiger partial charge is 0.160 e. The Morgan fingerprint density at radius 3 is 2.22 bits per heavy atom. The molecular weight excluding hydrogens is 464 g/mol. The fraction of sp³-hybridized carbons (Fsp3) is 0.548. The van der Waals surface area contributed by atoms with Gasteiger partial charge in [-0.25, -0.2) is 17.6 Å². The highest BCUT2D eigenvalue weighted by Crippen LogP contribution is 2.44. The van der Waals surface area contributed by atoms with Crippen LogP contribution in [0.25, 0.3) is 0 Å². The predicted molar refractivity (Wildman–Crippen MR) is 138 cm³/mol. The molecule has 0 saturated heterocycles. The van der Waals surface area contributed by atoms with Crippen molar-refractivity contribution in [2.24, 2.45) is 23.7 Å². The minimum absolute atomic E-state index is 0.103. The topological polar surface area (TPSA) is 9.23 Å². The van der Waals surface area contributed by atoms with E-state index in [4.69, 9.17) is 4.74 Å². The van der Waals surface area contributed by atoms with Crippen LogP contribution in [0.2, 0.25) is 0 Å². The second-order valence-electron chi connectivity index (χ2n) is 10.4. The van der Waals surface area contributed by atoms with Crippen molar-refractivity contribution in [3.05, 3.63) is 82.6 Å². The summed E-state index contributed by atoms with van der Waals surface area (Å²) in [5.41, 5.74) is 2.79. The summed E-state index contributed by atoms with van der Waals surface area (Å²) < 4.78 is 64.2. The zero-order valence-corrected chi connectivity index (χ0v) is 21.4. The SMILES string of the molecule is CCCC1=CCC(C2=CCC(C3C=CC(CCC4CCC(OCC)C(F)=C4F)=CC3)C(F)=C2F)C=C1. The van der Waals surface area contributed by atoms with Crippen molar-refractivity contribution < 1.29 is 22.3 Å². The molecule has 4 aliphatic rings. The molecule has 0 aromatic carbocycles. The van der Waals surface area contributed by atoms with E-state index < -0.39 is 41.2 Å². The van der Waals surface area contributed by atoms with Crippen molar-refractivity contribution in [2.75, 3.05) is 6.61 Å². The van der Waals surface area contributed by atoms with Crippen LogP contribution in [0.15, 0.2) is 82.6 Å². The van der Waals surface area contributed by atoms with E-state index in [0.717, 1.165) is 18.4 Å². The van der Waals surface area contributed by atoms with Crippen molar-refractivity contribution in [1.29, 1.82) is 0 Å². The number of allylic oxidation sites excluding steroid dienone is 13. The van der Waals surface area contributed by atoms with Gasteiger partial charge in [0.25, 0.3) is 0 Å². The maximum atomic E-state index is 15.2. The van der Waals surface area contributed by atoms with Gasteiger partial charge in [0, 0.05) is 24.4 Å². The van der Waals surface area contributed by atoms with Crippen LogP contribution in [0.5, 0.6) is 0 Å². The second-order valence-corrected chi connectivity index (χ2v) is 10.4. The van der Waals surface area contributed by atoms with Crippen LogP contribution in [-0.2, 0) is 4.74 Å². The Kier molecular flexibility index (Phi) is 9.27. The minimum Gasteiger partial charge on any atom is -0.371 e. The van der Waals surface area contributed by atoms with E-state index in [1.54, 1.807) is 6.92 Å². The maximum Gasteiger partial charge on any atom is 0.160 e. The number of hydrogen-bond donors (Lipinski definition) is 0. The highest BCUT2D eigenvalue weighted by Gasteiger charge is 2.34. The molecule has 0 aromatic rings. The van der Waals surface area contributed by atoms with Crippen LogP contribution in [0.1, 0.15) is 71.6 Å². The van der Waals surface area contributed by atoms with E-state index in [0.29, 0.717) is 57.1 Å².